The second kappa shape index (κ2) is 11.6. The van der Waals surface area contributed by atoms with Crippen LogP contribution >= 0.6 is 0 Å². The Labute approximate surface area is 291 Å². The van der Waals surface area contributed by atoms with Gasteiger partial charge in [0.2, 0.25) is 0 Å². The van der Waals surface area contributed by atoms with Gasteiger partial charge in [-0.15, -0.1) is 0 Å². The molecule has 0 bridgehead atoms. The minimum Gasteiger partial charge on any atom is -0.0622 e. The fourth-order valence-electron chi connectivity index (χ4n) is 8.22. The Balaban J connectivity index is 1.30. The third kappa shape index (κ3) is 4.46. The van der Waals surface area contributed by atoms with E-state index < -0.39 is 0 Å². The standard InChI is InChI=1S/C50H32/c1-2-14-33(15-3-1)35-26-29-36(30-27-35)47-39-18-6-10-22-43(39)49(44-23-11-7-19-40(44)47)50-45-24-12-8-20-41(45)48(42-21-9-13-25-46(42)50)38-31-28-34-16-4-5-17-37(34)32-38/h1-32H. The van der Waals surface area contributed by atoms with Gasteiger partial charge in [-0.2, -0.15) is 0 Å². The Morgan fingerprint density at radius 2 is 0.500 bits per heavy atom. The lowest BCUT2D eigenvalue weighted by Gasteiger charge is -2.22. The van der Waals surface area contributed by atoms with Crippen LogP contribution in [0.1, 0.15) is 0 Å². The molecule has 0 heterocycles. The van der Waals surface area contributed by atoms with Gasteiger partial charge in [-0.05, 0) is 104 Å². The normalized spacial score (nSPS) is 11.6. The SMILES string of the molecule is c1ccc(-c2ccc(-c3c4ccccc4c(-c4c5ccccc5c(-c5ccc6ccccc6c5)c5ccccc45)c4ccccc34)cc2)cc1. The van der Waals surface area contributed by atoms with Crippen LogP contribution in [0.15, 0.2) is 194 Å². The maximum absolute atomic E-state index is 2.35. The average Bonchev–Trinajstić information content (AvgIpc) is 3.19. The number of benzene rings is 10. The van der Waals surface area contributed by atoms with Gasteiger partial charge in [-0.1, -0.05) is 188 Å². The highest BCUT2D eigenvalue weighted by Crippen LogP contribution is 2.50. The zero-order chi connectivity index (χ0) is 33.0. The van der Waals surface area contributed by atoms with E-state index in [2.05, 4.69) is 194 Å². The van der Waals surface area contributed by atoms with Crippen LogP contribution in [0.4, 0.5) is 0 Å². The number of hydrogen-bond donors (Lipinski definition) is 0. The molecule has 0 saturated heterocycles. The van der Waals surface area contributed by atoms with E-state index in [0.29, 0.717) is 0 Å². The van der Waals surface area contributed by atoms with Crippen LogP contribution in [0.3, 0.4) is 0 Å². The molecule has 0 unspecified atom stereocenters. The van der Waals surface area contributed by atoms with Gasteiger partial charge in [-0.3, -0.25) is 0 Å². The van der Waals surface area contributed by atoms with Crippen molar-refractivity contribution in [2.75, 3.05) is 0 Å². The summed E-state index contributed by atoms with van der Waals surface area (Å²) in [6.07, 6.45) is 0. The fraction of sp³-hybridized carbons (Fsp3) is 0. The van der Waals surface area contributed by atoms with E-state index in [1.165, 1.54) is 98.4 Å². The van der Waals surface area contributed by atoms with Crippen LogP contribution < -0.4 is 0 Å². The van der Waals surface area contributed by atoms with Crippen LogP contribution in [0.2, 0.25) is 0 Å². The van der Waals surface area contributed by atoms with Crippen molar-refractivity contribution in [1.82, 2.24) is 0 Å². The molecule has 0 aromatic heterocycles. The molecule has 0 aliphatic carbocycles. The van der Waals surface area contributed by atoms with Crippen LogP contribution in [0.25, 0.3) is 98.4 Å². The maximum atomic E-state index is 2.35. The van der Waals surface area contributed by atoms with Crippen LogP contribution in [0, 0.1) is 0 Å². The summed E-state index contributed by atoms with van der Waals surface area (Å²) in [5.74, 6) is 0. The average molecular weight is 633 g/mol. The van der Waals surface area contributed by atoms with E-state index in [1.807, 2.05) is 0 Å². The van der Waals surface area contributed by atoms with Crippen molar-refractivity contribution in [1.29, 1.82) is 0 Å². The van der Waals surface area contributed by atoms with Crippen molar-refractivity contribution in [3.63, 3.8) is 0 Å². The summed E-state index contributed by atoms with van der Waals surface area (Å²) in [6.45, 7) is 0. The van der Waals surface area contributed by atoms with E-state index in [9.17, 15) is 0 Å². The topological polar surface area (TPSA) is 0 Å². The van der Waals surface area contributed by atoms with Gasteiger partial charge in [0, 0.05) is 0 Å². The Morgan fingerprint density at radius 3 is 0.980 bits per heavy atom. The van der Waals surface area contributed by atoms with Gasteiger partial charge in [0.1, 0.15) is 0 Å². The lowest BCUT2D eigenvalue weighted by molar-refractivity contribution is 1.61. The fourth-order valence-corrected chi connectivity index (χ4v) is 8.22. The van der Waals surface area contributed by atoms with Gasteiger partial charge < -0.3 is 0 Å². The molecule has 0 nitrogen and oxygen atoms in total. The van der Waals surface area contributed by atoms with E-state index in [4.69, 9.17) is 0 Å². The first kappa shape index (κ1) is 28.5. The number of rotatable bonds is 4. The minimum atomic E-state index is 1.23. The van der Waals surface area contributed by atoms with Gasteiger partial charge >= 0.3 is 0 Å². The van der Waals surface area contributed by atoms with Crippen LogP contribution in [0.5, 0.6) is 0 Å². The first-order valence-corrected chi connectivity index (χ1v) is 17.4. The zero-order valence-electron chi connectivity index (χ0n) is 27.5. The molecule has 0 atom stereocenters. The van der Waals surface area contributed by atoms with Crippen molar-refractivity contribution in [2.45, 2.75) is 0 Å². The molecule has 0 aliphatic rings. The second-order valence-electron chi connectivity index (χ2n) is 13.2. The highest BCUT2D eigenvalue weighted by atomic mass is 14.2. The van der Waals surface area contributed by atoms with E-state index >= 15 is 0 Å². The molecule has 50 heavy (non-hydrogen) atoms. The van der Waals surface area contributed by atoms with Crippen LogP contribution in [-0.2, 0) is 0 Å². The summed E-state index contributed by atoms with van der Waals surface area (Å²) in [4.78, 5) is 0. The van der Waals surface area contributed by atoms with Crippen molar-refractivity contribution in [3.8, 4) is 44.5 Å². The molecule has 0 radical (unpaired) electrons. The molecular weight excluding hydrogens is 601 g/mol. The summed E-state index contributed by atoms with van der Waals surface area (Å²) < 4.78 is 0. The third-order valence-corrected chi connectivity index (χ3v) is 10.4. The molecule has 10 aromatic rings. The van der Waals surface area contributed by atoms with Crippen molar-refractivity contribution in [3.05, 3.63) is 194 Å². The molecule has 0 heteroatoms. The maximum Gasteiger partial charge on any atom is -0.00139 e. The van der Waals surface area contributed by atoms with Gasteiger partial charge in [-0.25, -0.2) is 0 Å². The first-order valence-electron chi connectivity index (χ1n) is 17.4. The van der Waals surface area contributed by atoms with Crippen LogP contribution in [-0.4, -0.2) is 0 Å². The van der Waals surface area contributed by atoms with Crippen molar-refractivity contribution < 1.29 is 0 Å². The largest absolute Gasteiger partial charge is 0.0622 e. The van der Waals surface area contributed by atoms with Crippen molar-refractivity contribution >= 4 is 53.9 Å². The molecule has 10 rings (SSSR count). The minimum absolute atomic E-state index is 1.23. The Bertz CT molecular complexity index is 2780. The summed E-state index contributed by atoms with van der Waals surface area (Å²) in [7, 11) is 0. The third-order valence-electron chi connectivity index (χ3n) is 10.4. The smallest absolute Gasteiger partial charge is 0.00139 e. The zero-order valence-corrected chi connectivity index (χ0v) is 27.5. The number of hydrogen-bond acceptors (Lipinski definition) is 0. The molecule has 0 amide bonds. The lowest BCUT2D eigenvalue weighted by Crippen LogP contribution is -1.94. The van der Waals surface area contributed by atoms with E-state index in [1.54, 1.807) is 0 Å². The van der Waals surface area contributed by atoms with Gasteiger partial charge in [0.25, 0.3) is 0 Å². The summed E-state index contributed by atoms with van der Waals surface area (Å²) in [5.41, 5.74) is 10.1. The Hall–Kier alpha value is -6.50. The molecule has 0 fully saturated rings. The molecule has 0 N–H and O–H groups in total. The molecule has 0 spiro atoms. The van der Waals surface area contributed by atoms with Gasteiger partial charge in [0.15, 0.2) is 0 Å². The molecule has 0 aliphatic heterocycles. The Kier molecular flexibility index (Phi) is 6.60. The van der Waals surface area contributed by atoms with Crippen molar-refractivity contribution in [2.24, 2.45) is 0 Å². The summed E-state index contributed by atoms with van der Waals surface area (Å²) in [5, 5.41) is 12.6. The second-order valence-corrected chi connectivity index (χ2v) is 13.2. The monoisotopic (exact) mass is 632 g/mol. The molecular formula is C50H32. The molecule has 232 valence electrons. The predicted molar refractivity (Wildman–Crippen MR) is 216 cm³/mol. The summed E-state index contributed by atoms with van der Waals surface area (Å²) in [6, 6.07) is 71.3. The molecule has 10 aromatic carbocycles. The Morgan fingerprint density at radius 1 is 0.180 bits per heavy atom. The lowest BCUT2D eigenvalue weighted by atomic mass is 9.81. The van der Waals surface area contributed by atoms with E-state index in [0.717, 1.165) is 0 Å². The predicted octanol–water partition coefficient (Wildman–Crippen LogP) is 14.1. The first-order chi connectivity index (χ1) is 24.8. The quantitative estimate of drug-likeness (QED) is 0.169. The van der Waals surface area contributed by atoms with E-state index in [-0.39, 0.29) is 0 Å². The highest BCUT2D eigenvalue weighted by Gasteiger charge is 2.22. The number of fused-ring (bicyclic) bond motifs is 5. The van der Waals surface area contributed by atoms with Gasteiger partial charge in [0.05, 0.1) is 0 Å². The summed E-state index contributed by atoms with van der Waals surface area (Å²) >= 11 is 0. The highest BCUT2D eigenvalue weighted by molar-refractivity contribution is 6.30. The molecule has 0 saturated carbocycles.